The monoisotopic (exact) mass is 330 g/mol. The Balaban J connectivity index is 1.33. The Kier molecular flexibility index (Phi) is 3.34. The lowest BCUT2D eigenvalue weighted by atomic mass is 9.82. The normalized spacial score (nSPS) is 29.3. The van der Waals surface area contributed by atoms with Crippen LogP contribution in [0.5, 0.6) is 0 Å². The number of fused-ring (bicyclic) bond motifs is 2. The van der Waals surface area contributed by atoms with Crippen molar-refractivity contribution in [1.82, 2.24) is 5.16 Å². The molecule has 1 aromatic carbocycles. The fraction of sp³-hybridized carbons (Fsp3) is 0.632. The predicted molar refractivity (Wildman–Crippen MR) is 91.4 cm³/mol. The van der Waals surface area contributed by atoms with Crippen molar-refractivity contribution in [3.63, 3.8) is 0 Å². The van der Waals surface area contributed by atoms with E-state index in [0.29, 0.717) is 5.58 Å². The van der Waals surface area contributed by atoms with Gasteiger partial charge in [-0.2, -0.15) is 0 Å². The first kappa shape index (κ1) is 14.7. The maximum atomic E-state index is 13.3. The molecule has 1 saturated carbocycles. The minimum Gasteiger partial charge on any atom is -0.354 e. The predicted octanol–water partition coefficient (Wildman–Crippen LogP) is 3.42. The zero-order valence-corrected chi connectivity index (χ0v) is 14.1. The third kappa shape index (κ3) is 2.32. The van der Waals surface area contributed by atoms with Gasteiger partial charge in [-0.15, -0.1) is 0 Å². The molecule has 3 heterocycles. The number of anilines is 1. The van der Waals surface area contributed by atoms with Crippen LogP contribution in [0.2, 0.25) is 0 Å². The first-order valence-corrected chi connectivity index (χ1v) is 9.37. The van der Waals surface area contributed by atoms with Crippen LogP contribution in [0.3, 0.4) is 0 Å². The Hall–Kier alpha value is -1.62. The number of aromatic nitrogens is 1. The third-order valence-electron chi connectivity index (χ3n) is 6.71. The van der Waals surface area contributed by atoms with Crippen LogP contribution in [0.4, 0.5) is 10.2 Å². The molecule has 24 heavy (non-hydrogen) atoms. The number of piperazine rings is 1. The molecule has 128 valence electrons. The molecule has 5 heteroatoms. The number of quaternary nitrogens is 1. The highest BCUT2D eigenvalue weighted by Crippen LogP contribution is 2.41. The first-order chi connectivity index (χ1) is 11.7. The van der Waals surface area contributed by atoms with Gasteiger partial charge in [-0.05, 0) is 25.0 Å². The highest BCUT2D eigenvalue weighted by Gasteiger charge is 2.47. The van der Waals surface area contributed by atoms with Crippen LogP contribution < -0.4 is 4.90 Å². The molecule has 2 saturated heterocycles. The van der Waals surface area contributed by atoms with Crippen molar-refractivity contribution in [2.75, 3.05) is 44.2 Å². The minimum absolute atomic E-state index is 0.270. The van der Waals surface area contributed by atoms with Gasteiger partial charge < -0.3 is 13.9 Å². The van der Waals surface area contributed by atoms with E-state index in [2.05, 4.69) is 10.1 Å². The van der Waals surface area contributed by atoms with E-state index in [1.807, 2.05) is 0 Å². The second-order valence-corrected chi connectivity index (χ2v) is 8.09. The van der Waals surface area contributed by atoms with Crippen molar-refractivity contribution >= 4 is 16.8 Å². The number of rotatable bonds is 1. The average molecular weight is 330 g/mol. The Morgan fingerprint density at radius 3 is 2.50 bits per heavy atom. The Labute approximate surface area is 141 Å². The standard InChI is InChI=1S/C19H25FN3O/c20-16-5-6-17-18(11-16)24-21-19(17)22-7-9-23(10-8-22)12-14-3-1-2-4-15(14)13-23/h5-6,11,14-15H,1-4,7-10,12-13H2/q+1. The van der Waals surface area contributed by atoms with Gasteiger partial charge in [0.15, 0.2) is 11.4 Å². The molecule has 1 aliphatic carbocycles. The summed E-state index contributed by atoms with van der Waals surface area (Å²) in [5.41, 5.74) is 0.548. The van der Waals surface area contributed by atoms with E-state index in [-0.39, 0.29) is 5.82 Å². The molecule has 2 aromatic rings. The fourth-order valence-electron chi connectivity index (χ4n) is 5.43. The molecule has 0 bridgehead atoms. The van der Waals surface area contributed by atoms with E-state index in [4.69, 9.17) is 4.52 Å². The molecule has 4 nitrogen and oxygen atoms in total. The maximum Gasteiger partial charge on any atom is 0.180 e. The molecule has 1 spiro atoms. The molecule has 3 aliphatic rings. The SMILES string of the molecule is Fc1ccc2c(N3CC[N+]4(CC3)CC3CCCCC3C4)noc2c1. The summed E-state index contributed by atoms with van der Waals surface area (Å²) >= 11 is 0. The summed E-state index contributed by atoms with van der Waals surface area (Å²) in [6.07, 6.45) is 5.78. The van der Waals surface area contributed by atoms with Gasteiger partial charge >= 0.3 is 0 Å². The van der Waals surface area contributed by atoms with Crippen LogP contribution in [-0.4, -0.2) is 48.9 Å². The molecule has 2 aliphatic heterocycles. The van der Waals surface area contributed by atoms with Gasteiger partial charge in [-0.1, -0.05) is 18.0 Å². The number of hydrogen-bond donors (Lipinski definition) is 0. The number of hydrogen-bond acceptors (Lipinski definition) is 3. The molecule has 2 unspecified atom stereocenters. The third-order valence-corrected chi connectivity index (χ3v) is 6.71. The summed E-state index contributed by atoms with van der Waals surface area (Å²) in [6, 6.07) is 4.71. The van der Waals surface area contributed by atoms with Crippen molar-refractivity contribution < 1.29 is 13.4 Å². The zero-order chi connectivity index (χ0) is 16.1. The molecule has 0 amide bonds. The number of benzene rings is 1. The summed E-state index contributed by atoms with van der Waals surface area (Å²) < 4.78 is 20.0. The average Bonchev–Trinajstić information content (AvgIpc) is 3.16. The van der Waals surface area contributed by atoms with E-state index >= 15 is 0 Å². The smallest absolute Gasteiger partial charge is 0.180 e. The molecular weight excluding hydrogens is 305 g/mol. The quantitative estimate of drug-likeness (QED) is 0.750. The summed E-state index contributed by atoms with van der Waals surface area (Å²) in [5.74, 6) is 2.56. The lowest BCUT2D eigenvalue weighted by Gasteiger charge is -2.42. The first-order valence-electron chi connectivity index (χ1n) is 9.37. The van der Waals surface area contributed by atoms with Crippen molar-refractivity contribution in [1.29, 1.82) is 0 Å². The maximum absolute atomic E-state index is 13.3. The van der Waals surface area contributed by atoms with Crippen LogP contribution in [0.25, 0.3) is 11.0 Å². The van der Waals surface area contributed by atoms with Gasteiger partial charge in [-0.25, -0.2) is 4.39 Å². The number of nitrogens with zero attached hydrogens (tertiary/aromatic N) is 3. The van der Waals surface area contributed by atoms with Crippen LogP contribution >= 0.6 is 0 Å². The van der Waals surface area contributed by atoms with Gasteiger partial charge in [0.05, 0.1) is 44.7 Å². The number of halogens is 1. The van der Waals surface area contributed by atoms with Gasteiger partial charge in [0.1, 0.15) is 5.82 Å². The molecular formula is C19H25FN3O+. The van der Waals surface area contributed by atoms with Gasteiger partial charge in [0.2, 0.25) is 0 Å². The van der Waals surface area contributed by atoms with E-state index in [0.717, 1.165) is 36.1 Å². The summed E-state index contributed by atoms with van der Waals surface area (Å²) in [6.45, 7) is 7.26. The van der Waals surface area contributed by atoms with Crippen molar-refractivity contribution in [2.45, 2.75) is 25.7 Å². The van der Waals surface area contributed by atoms with Crippen LogP contribution in [0.1, 0.15) is 25.7 Å². The summed E-state index contributed by atoms with van der Waals surface area (Å²) in [7, 11) is 0. The van der Waals surface area contributed by atoms with E-state index in [1.165, 1.54) is 68.5 Å². The molecule has 0 N–H and O–H groups in total. The highest BCUT2D eigenvalue weighted by molar-refractivity contribution is 5.88. The van der Waals surface area contributed by atoms with Crippen LogP contribution in [0, 0.1) is 17.7 Å². The molecule has 0 radical (unpaired) electrons. The van der Waals surface area contributed by atoms with Gasteiger partial charge in [0.25, 0.3) is 0 Å². The zero-order valence-electron chi connectivity index (χ0n) is 14.1. The Morgan fingerprint density at radius 1 is 1.08 bits per heavy atom. The van der Waals surface area contributed by atoms with Crippen molar-refractivity contribution in [3.8, 4) is 0 Å². The highest BCUT2D eigenvalue weighted by atomic mass is 19.1. The molecule has 3 fully saturated rings. The summed E-state index contributed by atoms with van der Waals surface area (Å²) in [4.78, 5) is 2.33. The molecule has 1 aromatic heterocycles. The van der Waals surface area contributed by atoms with Gasteiger partial charge in [-0.3, -0.25) is 0 Å². The topological polar surface area (TPSA) is 29.3 Å². The fourth-order valence-corrected chi connectivity index (χ4v) is 5.43. The minimum atomic E-state index is -0.270. The van der Waals surface area contributed by atoms with Crippen molar-refractivity contribution in [3.05, 3.63) is 24.0 Å². The lowest BCUT2D eigenvalue weighted by Crippen LogP contribution is -2.58. The van der Waals surface area contributed by atoms with Crippen LogP contribution in [-0.2, 0) is 0 Å². The van der Waals surface area contributed by atoms with Crippen molar-refractivity contribution in [2.24, 2.45) is 11.8 Å². The second-order valence-electron chi connectivity index (χ2n) is 8.09. The van der Waals surface area contributed by atoms with Crippen LogP contribution in [0.15, 0.2) is 22.7 Å². The van der Waals surface area contributed by atoms with E-state index in [1.54, 1.807) is 6.07 Å². The van der Waals surface area contributed by atoms with E-state index in [9.17, 15) is 4.39 Å². The van der Waals surface area contributed by atoms with E-state index < -0.39 is 0 Å². The Bertz CT molecular complexity index is 734. The molecule has 5 rings (SSSR count). The lowest BCUT2D eigenvalue weighted by molar-refractivity contribution is -0.919. The molecule has 2 atom stereocenters. The second kappa shape index (κ2) is 5.45. The Morgan fingerprint density at radius 2 is 1.79 bits per heavy atom. The summed E-state index contributed by atoms with van der Waals surface area (Å²) in [5, 5.41) is 5.16. The van der Waals surface area contributed by atoms with Gasteiger partial charge in [0, 0.05) is 17.9 Å². The largest absolute Gasteiger partial charge is 0.354 e.